The predicted octanol–water partition coefficient (Wildman–Crippen LogP) is 2.46. The molecule has 0 radical (unpaired) electrons. The molecule has 110 valence electrons. The maximum Gasteiger partial charge on any atom is 0.357 e. The zero-order chi connectivity index (χ0) is 15.0. The van der Waals surface area contributed by atoms with E-state index in [0.29, 0.717) is 18.8 Å². The highest BCUT2D eigenvalue weighted by molar-refractivity contribution is 6.28. The van der Waals surface area contributed by atoms with Crippen molar-refractivity contribution < 1.29 is 13.9 Å². The fourth-order valence-electron chi connectivity index (χ4n) is 2.55. The van der Waals surface area contributed by atoms with Crippen LogP contribution < -0.4 is 4.90 Å². The molecule has 0 N–H and O–H groups in total. The lowest BCUT2D eigenvalue weighted by Gasteiger charge is -2.22. The summed E-state index contributed by atoms with van der Waals surface area (Å²) in [4.78, 5) is 22.2. The van der Waals surface area contributed by atoms with Crippen LogP contribution in [0, 0.1) is 0 Å². The van der Waals surface area contributed by atoms with Gasteiger partial charge in [0, 0.05) is 11.6 Å². The fraction of sp³-hybridized carbons (Fsp3) is 0.357. The molecule has 0 spiro atoms. The summed E-state index contributed by atoms with van der Waals surface area (Å²) in [5.41, 5.74) is 1.01. The van der Waals surface area contributed by atoms with Crippen molar-refractivity contribution >= 4 is 23.4 Å². The van der Waals surface area contributed by atoms with Gasteiger partial charge >= 0.3 is 5.97 Å². The Morgan fingerprint density at radius 2 is 2.38 bits per heavy atom. The number of anilines is 1. The number of ether oxygens (including phenoxy) is 1. The third-order valence-electron chi connectivity index (χ3n) is 3.55. The first kappa shape index (κ1) is 13.9. The summed E-state index contributed by atoms with van der Waals surface area (Å²) in [5.74, 6) is 0.992. The van der Waals surface area contributed by atoms with Gasteiger partial charge in [0.15, 0.2) is 5.69 Å². The van der Waals surface area contributed by atoms with Crippen LogP contribution in [0.2, 0.25) is 5.28 Å². The van der Waals surface area contributed by atoms with E-state index in [2.05, 4.69) is 16.9 Å². The first-order valence-electron chi connectivity index (χ1n) is 6.54. The first-order valence-corrected chi connectivity index (χ1v) is 6.91. The molecule has 1 unspecified atom stereocenters. The van der Waals surface area contributed by atoms with Crippen molar-refractivity contribution in [1.29, 1.82) is 0 Å². The molecule has 6 nitrogen and oxygen atoms in total. The van der Waals surface area contributed by atoms with E-state index in [1.165, 1.54) is 7.11 Å². The maximum atomic E-state index is 11.8. The van der Waals surface area contributed by atoms with Gasteiger partial charge in [0.05, 0.1) is 19.9 Å². The van der Waals surface area contributed by atoms with Gasteiger partial charge in [0.25, 0.3) is 0 Å². The Morgan fingerprint density at radius 3 is 3.05 bits per heavy atom. The fourth-order valence-corrected chi connectivity index (χ4v) is 2.72. The van der Waals surface area contributed by atoms with Crippen LogP contribution in [0.4, 0.5) is 5.82 Å². The Morgan fingerprint density at radius 1 is 1.57 bits per heavy atom. The number of rotatable bonds is 3. The normalized spacial score (nSPS) is 16.9. The number of carbonyl (C=O) groups excluding carboxylic acids is 1. The molecule has 0 aliphatic carbocycles. The summed E-state index contributed by atoms with van der Waals surface area (Å²) >= 11 is 5.94. The van der Waals surface area contributed by atoms with Crippen molar-refractivity contribution in [3.8, 4) is 0 Å². The number of aromatic nitrogens is 2. The minimum Gasteiger partial charge on any atom is -0.467 e. The number of furan rings is 1. The Balaban J connectivity index is 2.02. The third kappa shape index (κ3) is 2.47. The molecule has 0 saturated carbocycles. The molecule has 7 heteroatoms. The second-order valence-corrected chi connectivity index (χ2v) is 5.23. The Kier molecular flexibility index (Phi) is 3.55. The molecule has 0 saturated heterocycles. The van der Waals surface area contributed by atoms with Gasteiger partial charge < -0.3 is 14.1 Å². The Bertz CT molecular complexity index is 672. The highest BCUT2D eigenvalue weighted by atomic mass is 35.5. The van der Waals surface area contributed by atoms with Gasteiger partial charge in [-0.25, -0.2) is 14.8 Å². The smallest absolute Gasteiger partial charge is 0.357 e. The number of carbonyl (C=O) groups is 1. The van der Waals surface area contributed by atoms with Gasteiger partial charge in [-0.15, -0.1) is 0 Å². The van der Waals surface area contributed by atoms with Crippen LogP contribution in [0.15, 0.2) is 22.8 Å². The summed E-state index contributed by atoms with van der Waals surface area (Å²) in [6, 6.07) is 3.90. The minimum absolute atomic E-state index is 0.0349. The summed E-state index contributed by atoms with van der Waals surface area (Å²) in [6.45, 7) is 2.62. The number of hydrogen-bond donors (Lipinski definition) is 0. The first-order chi connectivity index (χ1) is 10.1. The molecule has 3 heterocycles. The average molecular weight is 308 g/mol. The highest BCUT2D eigenvalue weighted by Crippen LogP contribution is 2.34. The summed E-state index contributed by atoms with van der Waals surface area (Å²) < 4.78 is 10.1. The lowest BCUT2D eigenvalue weighted by atomic mass is 10.1. The summed E-state index contributed by atoms with van der Waals surface area (Å²) in [5, 5.41) is 0.0349. The number of esters is 1. The lowest BCUT2D eigenvalue weighted by Crippen LogP contribution is -2.29. The van der Waals surface area contributed by atoms with Gasteiger partial charge in [0.2, 0.25) is 5.28 Å². The SMILES string of the molecule is COC(=O)c1nc(Cl)nc2c1CC(C)N2Cc1ccco1. The number of fused-ring (bicyclic) bond motifs is 1. The third-order valence-corrected chi connectivity index (χ3v) is 3.72. The molecule has 2 aromatic rings. The van der Waals surface area contributed by atoms with Gasteiger partial charge in [-0.05, 0) is 37.1 Å². The molecule has 1 aliphatic heterocycles. The van der Waals surface area contributed by atoms with Crippen molar-refractivity contribution in [2.24, 2.45) is 0 Å². The monoisotopic (exact) mass is 307 g/mol. The van der Waals surface area contributed by atoms with E-state index in [4.69, 9.17) is 20.8 Å². The molecule has 1 atom stereocenters. The standard InChI is InChI=1S/C14H14ClN3O3/c1-8-6-10-11(13(19)20-2)16-14(15)17-12(10)18(8)7-9-4-3-5-21-9/h3-5,8H,6-7H2,1-2H3. The van der Waals surface area contributed by atoms with Crippen LogP contribution in [-0.4, -0.2) is 29.1 Å². The van der Waals surface area contributed by atoms with Crippen molar-refractivity contribution in [2.75, 3.05) is 12.0 Å². The maximum absolute atomic E-state index is 11.8. The van der Waals surface area contributed by atoms with Crippen molar-refractivity contribution in [3.05, 3.63) is 40.7 Å². The van der Waals surface area contributed by atoms with Gasteiger partial charge in [-0.2, -0.15) is 0 Å². The molecule has 0 amide bonds. The molecule has 1 aliphatic rings. The molecule has 2 aromatic heterocycles. The summed E-state index contributed by atoms with van der Waals surface area (Å²) in [6.07, 6.45) is 2.29. The van der Waals surface area contributed by atoms with Crippen LogP contribution in [0.25, 0.3) is 0 Å². The highest BCUT2D eigenvalue weighted by Gasteiger charge is 2.33. The number of hydrogen-bond acceptors (Lipinski definition) is 6. The van der Waals surface area contributed by atoms with Gasteiger partial charge in [-0.1, -0.05) is 0 Å². The van der Waals surface area contributed by atoms with Crippen molar-refractivity contribution in [3.63, 3.8) is 0 Å². The lowest BCUT2D eigenvalue weighted by molar-refractivity contribution is 0.0592. The second kappa shape index (κ2) is 5.37. The number of halogens is 1. The largest absolute Gasteiger partial charge is 0.467 e. The van der Waals surface area contributed by atoms with Crippen LogP contribution in [-0.2, 0) is 17.7 Å². The Hall–Kier alpha value is -2.08. The Labute approximate surface area is 126 Å². The quantitative estimate of drug-likeness (QED) is 0.641. The molecular formula is C14H14ClN3O3. The molecule has 3 rings (SSSR count). The van der Waals surface area contributed by atoms with E-state index < -0.39 is 5.97 Å². The van der Waals surface area contributed by atoms with Crippen LogP contribution >= 0.6 is 11.6 Å². The van der Waals surface area contributed by atoms with Crippen LogP contribution in [0.5, 0.6) is 0 Å². The van der Waals surface area contributed by atoms with Gasteiger partial charge in [0.1, 0.15) is 11.6 Å². The zero-order valence-corrected chi connectivity index (χ0v) is 12.4. The van der Waals surface area contributed by atoms with E-state index in [0.717, 1.165) is 11.3 Å². The van der Waals surface area contributed by atoms with Crippen LogP contribution in [0.1, 0.15) is 28.7 Å². The molecule has 0 aromatic carbocycles. The van der Waals surface area contributed by atoms with E-state index >= 15 is 0 Å². The molecule has 0 bridgehead atoms. The zero-order valence-electron chi connectivity index (χ0n) is 11.7. The van der Waals surface area contributed by atoms with E-state index in [9.17, 15) is 4.79 Å². The van der Waals surface area contributed by atoms with Crippen LogP contribution in [0.3, 0.4) is 0 Å². The molecule has 0 fully saturated rings. The van der Waals surface area contributed by atoms with Crippen molar-refractivity contribution in [1.82, 2.24) is 9.97 Å². The predicted molar refractivity (Wildman–Crippen MR) is 76.4 cm³/mol. The van der Waals surface area contributed by atoms with E-state index in [1.807, 2.05) is 17.0 Å². The summed E-state index contributed by atoms with van der Waals surface area (Å²) in [7, 11) is 1.32. The average Bonchev–Trinajstić information content (AvgIpc) is 3.07. The van der Waals surface area contributed by atoms with E-state index in [-0.39, 0.29) is 17.0 Å². The van der Waals surface area contributed by atoms with Gasteiger partial charge in [-0.3, -0.25) is 0 Å². The molecule has 21 heavy (non-hydrogen) atoms. The second-order valence-electron chi connectivity index (χ2n) is 4.90. The minimum atomic E-state index is -0.498. The topological polar surface area (TPSA) is 68.5 Å². The number of methoxy groups -OCH3 is 1. The van der Waals surface area contributed by atoms with Crippen molar-refractivity contribution in [2.45, 2.75) is 25.9 Å². The van der Waals surface area contributed by atoms with E-state index in [1.54, 1.807) is 6.26 Å². The molecular weight excluding hydrogens is 294 g/mol. The number of nitrogens with zero attached hydrogens (tertiary/aromatic N) is 3.